The zero-order valence-corrected chi connectivity index (χ0v) is 9.50. The van der Waals surface area contributed by atoms with Gasteiger partial charge in [0.1, 0.15) is 24.0 Å². The highest BCUT2D eigenvalue weighted by atomic mass is 19.1. The topological polar surface area (TPSA) is 63.6 Å². The zero-order chi connectivity index (χ0) is 13.9. The van der Waals surface area contributed by atoms with Gasteiger partial charge in [-0.15, -0.1) is 0 Å². The minimum atomic E-state index is -1.30. The summed E-state index contributed by atoms with van der Waals surface area (Å²) < 4.78 is 31.3. The van der Waals surface area contributed by atoms with Crippen molar-refractivity contribution >= 4 is 11.8 Å². The molecule has 1 N–H and O–H groups in total. The SMILES string of the molecule is C=C(COc1cc(F)cc(F)c1C(C)=O)C(=O)O. The molecule has 4 nitrogen and oxygen atoms in total. The standard InChI is InChI=1S/C12H10F2O4/c1-6(12(16)17)5-18-10-4-8(13)3-9(14)11(10)7(2)15/h3-4H,1,5H2,2H3,(H,16,17). The molecule has 0 aliphatic rings. The summed E-state index contributed by atoms with van der Waals surface area (Å²) in [5.74, 6) is -4.27. The van der Waals surface area contributed by atoms with E-state index in [1.54, 1.807) is 0 Å². The summed E-state index contributed by atoms with van der Waals surface area (Å²) in [6.07, 6.45) is 0. The van der Waals surface area contributed by atoms with E-state index in [2.05, 4.69) is 6.58 Å². The van der Waals surface area contributed by atoms with Gasteiger partial charge in [0.15, 0.2) is 5.78 Å². The fraction of sp³-hybridized carbons (Fsp3) is 0.167. The van der Waals surface area contributed by atoms with Gasteiger partial charge in [-0.3, -0.25) is 4.79 Å². The molecule has 0 amide bonds. The highest BCUT2D eigenvalue weighted by Gasteiger charge is 2.17. The number of Topliss-reactive ketones (excluding diaryl/α,β-unsaturated/α-hetero) is 1. The Balaban J connectivity index is 3.04. The van der Waals surface area contributed by atoms with Crippen molar-refractivity contribution in [3.63, 3.8) is 0 Å². The summed E-state index contributed by atoms with van der Waals surface area (Å²) in [4.78, 5) is 21.7. The van der Waals surface area contributed by atoms with Crippen molar-refractivity contribution in [1.82, 2.24) is 0 Å². The molecule has 1 aromatic rings. The average molecular weight is 256 g/mol. The Labute approximate surface area is 101 Å². The van der Waals surface area contributed by atoms with Gasteiger partial charge in [-0.1, -0.05) is 6.58 Å². The molecular weight excluding hydrogens is 246 g/mol. The Morgan fingerprint density at radius 2 is 2.00 bits per heavy atom. The smallest absolute Gasteiger partial charge is 0.334 e. The van der Waals surface area contributed by atoms with E-state index in [4.69, 9.17) is 9.84 Å². The van der Waals surface area contributed by atoms with Gasteiger partial charge >= 0.3 is 5.97 Å². The van der Waals surface area contributed by atoms with Crippen molar-refractivity contribution in [3.8, 4) is 5.75 Å². The minimum Gasteiger partial charge on any atom is -0.488 e. The summed E-state index contributed by atoms with van der Waals surface area (Å²) >= 11 is 0. The second kappa shape index (κ2) is 5.39. The van der Waals surface area contributed by atoms with Crippen LogP contribution >= 0.6 is 0 Å². The fourth-order valence-corrected chi connectivity index (χ4v) is 1.23. The van der Waals surface area contributed by atoms with Crippen LogP contribution in [-0.2, 0) is 4.79 Å². The predicted molar refractivity (Wildman–Crippen MR) is 58.6 cm³/mol. The first-order valence-electron chi connectivity index (χ1n) is 4.86. The van der Waals surface area contributed by atoms with Crippen LogP contribution in [0.15, 0.2) is 24.3 Å². The summed E-state index contributed by atoms with van der Waals surface area (Å²) in [5, 5.41) is 8.55. The molecule has 0 bridgehead atoms. The van der Waals surface area contributed by atoms with E-state index in [0.717, 1.165) is 13.0 Å². The molecule has 0 aliphatic carbocycles. The van der Waals surface area contributed by atoms with Crippen LogP contribution in [0, 0.1) is 11.6 Å². The number of carbonyl (C=O) groups is 2. The maximum absolute atomic E-state index is 13.4. The highest BCUT2D eigenvalue weighted by Crippen LogP contribution is 2.24. The minimum absolute atomic E-state index is 0.297. The first-order valence-corrected chi connectivity index (χ1v) is 4.86. The maximum atomic E-state index is 13.4. The number of aliphatic carboxylic acids is 1. The van der Waals surface area contributed by atoms with E-state index in [1.807, 2.05) is 0 Å². The van der Waals surface area contributed by atoms with Gasteiger partial charge < -0.3 is 9.84 Å². The van der Waals surface area contributed by atoms with Crippen molar-refractivity contribution in [3.05, 3.63) is 41.5 Å². The van der Waals surface area contributed by atoms with Gasteiger partial charge in [0.05, 0.1) is 11.1 Å². The molecule has 96 valence electrons. The molecule has 1 aromatic carbocycles. The third kappa shape index (κ3) is 3.13. The highest BCUT2D eigenvalue weighted by molar-refractivity contribution is 5.97. The number of benzene rings is 1. The van der Waals surface area contributed by atoms with Crippen molar-refractivity contribution in [2.75, 3.05) is 6.61 Å². The number of hydrogen-bond donors (Lipinski definition) is 1. The number of carboxylic acid groups (broad SMARTS) is 1. The molecule has 18 heavy (non-hydrogen) atoms. The molecule has 0 saturated heterocycles. The van der Waals surface area contributed by atoms with Crippen LogP contribution in [0.25, 0.3) is 0 Å². The van der Waals surface area contributed by atoms with Crippen LogP contribution in [0.4, 0.5) is 8.78 Å². The van der Waals surface area contributed by atoms with Gasteiger partial charge in [-0.2, -0.15) is 0 Å². The third-order valence-electron chi connectivity index (χ3n) is 2.08. The molecule has 0 aliphatic heterocycles. The van der Waals surface area contributed by atoms with Crippen LogP contribution < -0.4 is 4.74 Å². The normalized spacial score (nSPS) is 9.94. The first kappa shape index (κ1) is 13.8. The lowest BCUT2D eigenvalue weighted by atomic mass is 10.1. The Morgan fingerprint density at radius 3 is 2.50 bits per heavy atom. The van der Waals surface area contributed by atoms with Crippen molar-refractivity contribution < 1.29 is 28.2 Å². The first-order chi connectivity index (χ1) is 8.32. The molecule has 0 heterocycles. The molecule has 0 fully saturated rings. The molecule has 0 spiro atoms. The number of hydrogen-bond acceptors (Lipinski definition) is 3. The molecule has 0 saturated carbocycles. The summed E-state index contributed by atoms with van der Waals surface area (Å²) in [7, 11) is 0. The van der Waals surface area contributed by atoms with E-state index in [1.165, 1.54) is 0 Å². The quantitative estimate of drug-likeness (QED) is 0.648. The Morgan fingerprint density at radius 1 is 1.39 bits per heavy atom. The molecular formula is C12H10F2O4. The number of carboxylic acids is 1. The molecule has 0 radical (unpaired) electrons. The number of halogens is 2. The number of carbonyl (C=O) groups excluding carboxylic acids is 1. The molecule has 1 rings (SSSR count). The van der Waals surface area contributed by atoms with E-state index >= 15 is 0 Å². The zero-order valence-electron chi connectivity index (χ0n) is 9.50. The molecule has 0 atom stereocenters. The predicted octanol–water partition coefficient (Wildman–Crippen LogP) is 2.19. The number of ether oxygens (including phenoxy) is 1. The van der Waals surface area contributed by atoms with Crippen LogP contribution in [0.5, 0.6) is 5.75 Å². The molecule has 0 unspecified atom stereocenters. The third-order valence-corrected chi connectivity index (χ3v) is 2.08. The Bertz CT molecular complexity index is 523. The summed E-state index contributed by atoms with van der Waals surface area (Å²) in [6.45, 7) is 3.81. The molecule has 6 heteroatoms. The Hall–Kier alpha value is -2.24. The second-order valence-corrected chi connectivity index (χ2v) is 3.51. The fourth-order valence-electron chi connectivity index (χ4n) is 1.23. The van der Waals surface area contributed by atoms with Gasteiger partial charge in [-0.25, -0.2) is 13.6 Å². The lowest BCUT2D eigenvalue weighted by Crippen LogP contribution is -2.11. The number of ketones is 1. The largest absolute Gasteiger partial charge is 0.488 e. The lowest BCUT2D eigenvalue weighted by Gasteiger charge is -2.10. The number of rotatable bonds is 5. The van der Waals surface area contributed by atoms with E-state index in [0.29, 0.717) is 6.07 Å². The van der Waals surface area contributed by atoms with Crippen molar-refractivity contribution in [2.24, 2.45) is 0 Å². The van der Waals surface area contributed by atoms with E-state index in [-0.39, 0.29) is 11.3 Å². The van der Waals surface area contributed by atoms with Crippen LogP contribution in [0.1, 0.15) is 17.3 Å². The average Bonchev–Trinajstić information content (AvgIpc) is 2.23. The van der Waals surface area contributed by atoms with Crippen LogP contribution in [-0.4, -0.2) is 23.5 Å². The monoisotopic (exact) mass is 256 g/mol. The second-order valence-electron chi connectivity index (χ2n) is 3.51. The van der Waals surface area contributed by atoms with E-state index in [9.17, 15) is 18.4 Å². The molecule has 0 aromatic heterocycles. The Kier molecular flexibility index (Phi) is 4.14. The van der Waals surface area contributed by atoms with Crippen molar-refractivity contribution in [2.45, 2.75) is 6.92 Å². The van der Waals surface area contributed by atoms with Gasteiger partial charge in [0.2, 0.25) is 0 Å². The lowest BCUT2D eigenvalue weighted by molar-refractivity contribution is -0.133. The van der Waals surface area contributed by atoms with Crippen LogP contribution in [0.3, 0.4) is 0 Å². The summed E-state index contributed by atoms with van der Waals surface area (Å²) in [5.41, 5.74) is -0.719. The maximum Gasteiger partial charge on any atom is 0.334 e. The van der Waals surface area contributed by atoms with Crippen molar-refractivity contribution in [1.29, 1.82) is 0 Å². The van der Waals surface area contributed by atoms with Crippen LogP contribution in [0.2, 0.25) is 0 Å². The van der Waals surface area contributed by atoms with Gasteiger partial charge in [0, 0.05) is 12.1 Å². The van der Waals surface area contributed by atoms with E-state index < -0.39 is 35.6 Å². The van der Waals surface area contributed by atoms with Gasteiger partial charge in [-0.05, 0) is 6.92 Å². The summed E-state index contributed by atoms with van der Waals surface area (Å²) in [6, 6.07) is 1.37. The van der Waals surface area contributed by atoms with Gasteiger partial charge in [0.25, 0.3) is 0 Å².